The maximum Gasteiger partial charge on any atom is 0.140 e. The van der Waals surface area contributed by atoms with Crippen LogP contribution in [0.25, 0.3) is 0 Å². The quantitative estimate of drug-likeness (QED) is 0.605. The molecular formula is C14H15NO. The highest BCUT2D eigenvalue weighted by molar-refractivity contribution is 5.91. The number of Topliss-reactive ketones (excluding diaryl/α,β-unsaturated/α-hetero) is 1. The smallest absolute Gasteiger partial charge is 0.140 e. The van der Waals surface area contributed by atoms with Gasteiger partial charge in [0.15, 0.2) is 0 Å². The molecule has 0 aromatic heterocycles. The maximum atomic E-state index is 11.6. The number of anilines is 1. The minimum atomic E-state index is -0.238. The van der Waals surface area contributed by atoms with Crippen molar-refractivity contribution in [1.29, 1.82) is 0 Å². The van der Waals surface area contributed by atoms with Gasteiger partial charge in [0.1, 0.15) is 5.78 Å². The van der Waals surface area contributed by atoms with E-state index in [-0.39, 0.29) is 11.2 Å². The van der Waals surface area contributed by atoms with E-state index >= 15 is 0 Å². The highest BCUT2D eigenvalue weighted by Crippen LogP contribution is 2.49. The van der Waals surface area contributed by atoms with E-state index in [2.05, 4.69) is 11.8 Å². The summed E-state index contributed by atoms with van der Waals surface area (Å²) in [5.74, 6) is 6.05. The molecule has 0 bridgehead atoms. The molecular weight excluding hydrogens is 198 g/mol. The van der Waals surface area contributed by atoms with E-state index in [4.69, 9.17) is 5.73 Å². The first-order valence-corrected chi connectivity index (χ1v) is 5.44. The minimum Gasteiger partial charge on any atom is -0.398 e. The Bertz CT molecular complexity index is 501. The first-order chi connectivity index (χ1) is 7.60. The van der Waals surface area contributed by atoms with Crippen LogP contribution in [0.2, 0.25) is 0 Å². The number of carbonyl (C=O) groups is 1. The van der Waals surface area contributed by atoms with E-state index in [0.717, 1.165) is 24.0 Å². The monoisotopic (exact) mass is 213 g/mol. The van der Waals surface area contributed by atoms with Crippen molar-refractivity contribution in [1.82, 2.24) is 0 Å². The summed E-state index contributed by atoms with van der Waals surface area (Å²) in [6.45, 7) is 3.44. The van der Waals surface area contributed by atoms with Crippen LogP contribution >= 0.6 is 0 Å². The topological polar surface area (TPSA) is 43.1 Å². The third-order valence-corrected chi connectivity index (χ3v) is 3.29. The molecule has 1 aliphatic carbocycles. The zero-order valence-electron chi connectivity index (χ0n) is 9.63. The van der Waals surface area contributed by atoms with E-state index in [9.17, 15) is 4.79 Å². The van der Waals surface area contributed by atoms with E-state index in [1.165, 1.54) is 0 Å². The summed E-state index contributed by atoms with van der Waals surface area (Å²) in [5, 5.41) is 0. The molecule has 0 saturated heterocycles. The van der Waals surface area contributed by atoms with E-state index in [1.807, 2.05) is 18.2 Å². The molecule has 1 aromatic rings. The Hall–Kier alpha value is -1.75. The zero-order valence-corrected chi connectivity index (χ0v) is 9.63. The van der Waals surface area contributed by atoms with Gasteiger partial charge in [0.25, 0.3) is 0 Å². The molecule has 2 rings (SSSR count). The number of rotatable bonds is 2. The Morgan fingerprint density at radius 2 is 2.12 bits per heavy atom. The van der Waals surface area contributed by atoms with Crippen molar-refractivity contribution in [2.75, 3.05) is 5.73 Å². The number of hydrogen-bond acceptors (Lipinski definition) is 2. The summed E-state index contributed by atoms with van der Waals surface area (Å²) in [5.41, 5.74) is 8.16. The Balaban J connectivity index is 2.47. The van der Waals surface area contributed by atoms with Gasteiger partial charge in [-0.2, -0.15) is 0 Å². The lowest BCUT2D eigenvalue weighted by Gasteiger charge is -2.12. The molecule has 2 N–H and O–H groups in total. The summed E-state index contributed by atoms with van der Waals surface area (Å²) in [4.78, 5) is 11.6. The molecule has 0 heterocycles. The summed E-state index contributed by atoms with van der Waals surface area (Å²) < 4.78 is 0. The van der Waals surface area contributed by atoms with Crippen molar-refractivity contribution in [2.24, 2.45) is 0 Å². The fourth-order valence-electron chi connectivity index (χ4n) is 2.07. The van der Waals surface area contributed by atoms with Crippen LogP contribution in [0.1, 0.15) is 37.8 Å². The molecule has 1 fully saturated rings. The molecule has 1 saturated carbocycles. The summed E-state index contributed by atoms with van der Waals surface area (Å²) in [7, 11) is 0. The molecule has 82 valence electrons. The van der Waals surface area contributed by atoms with Crippen LogP contribution in [0, 0.1) is 11.8 Å². The number of ketones is 1. The molecule has 0 unspecified atom stereocenters. The van der Waals surface area contributed by atoms with Crippen LogP contribution in [0.3, 0.4) is 0 Å². The lowest BCUT2D eigenvalue weighted by Crippen LogP contribution is -2.17. The number of benzene rings is 1. The van der Waals surface area contributed by atoms with Crippen LogP contribution in [-0.4, -0.2) is 5.78 Å². The van der Waals surface area contributed by atoms with Gasteiger partial charge in [-0.25, -0.2) is 0 Å². The first kappa shape index (κ1) is 10.8. The predicted molar refractivity (Wildman–Crippen MR) is 65.0 cm³/mol. The van der Waals surface area contributed by atoms with Gasteiger partial charge in [0.05, 0.1) is 5.41 Å². The van der Waals surface area contributed by atoms with Gasteiger partial charge in [-0.3, -0.25) is 4.79 Å². The standard InChI is InChI=1S/C14H15NO/c1-3-4-11-9-12(5-6-13(11)15)14(7-8-14)10(2)16/h5-6,9H,7-8,15H2,1-2H3. The molecule has 16 heavy (non-hydrogen) atoms. The second kappa shape index (κ2) is 3.68. The van der Waals surface area contributed by atoms with Gasteiger partial charge in [-0.1, -0.05) is 12.0 Å². The van der Waals surface area contributed by atoms with Crippen molar-refractivity contribution in [3.8, 4) is 11.8 Å². The molecule has 0 atom stereocenters. The number of nitrogens with two attached hydrogens (primary N) is 1. The van der Waals surface area contributed by atoms with Crippen molar-refractivity contribution in [2.45, 2.75) is 32.1 Å². The van der Waals surface area contributed by atoms with Crippen molar-refractivity contribution in [3.05, 3.63) is 29.3 Å². The predicted octanol–water partition coefficient (Wildman–Crippen LogP) is 2.26. The van der Waals surface area contributed by atoms with Crippen LogP contribution in [0.4, 0.5) is 5.69 Å². The van der Waals surface area contributed by atoms with Crippen molar-refractivity contribution < 1.29 is 4.79 Å². The van der Waals surface area contributed by atoms with Gasteiger partial charge < -0.3 is 5.73 Å². The SMILES string of the molecule is CC#Cc1cc(C2(C(C)=O)CC2)ccc1N. The van der Waals surface area contributed by atoms with Crippen molar-refractivity contribution >= 4 is 11.5 Å². The summed E-state index contributed by atoms with van der Waals surface area (Å²) in [6.07, 6.45) is 1.90. The van der Waals surface area contributed by atoms with Gasteiger partial charge in [0.2, 0.25) is 0 Å². The Labute approximate surface area is 95.8 Å². The Morgan fingerprint density at radius 1 is 1.44 bits per heavy atom. The lowest BCUT2D eigenvalue weighted by atomic mass is 9.90. The third kappa shape index (κ3) is 1.59. The Kier molecular flexibility index (Phi) is 2.47. The molecule has 0 aliphatic heterocycles. The fraction of sp³-hybridized carbons (Fsp3) is 0.357. The zero-order chi connectivity index (χ0) is 11.8. The minimum absolute atomic E-state index is 0.238. The van der Waals surface area contributed by atoms with Crippen LogP contribution in [0.15, 0.2) is 18.2 Å². The molecule has 2 heteroatoms. The average molecular weight is 213 g/mol. The van der Waals surface area contributed by atoms with Crippen molar-refractivity contribution in [3.63, 3.8) is 0 Å². The molecule has 0 spiro atoms. The van der Waals surface area contributed by atoms with Gasteiger partial charge in [-0.05, 0) is 44.4 Å². The molecule has 1 aliphatic rings. The van der Waals surface area contributed by atoms with E-state index in [1.54, 1.807) is 13.8 Å². The number of carbonyl (C=O) groups excluding carboxylic acids is 1. The van der Waals surface area contributed by atoms with Crippen LogP contribution in [-0.2, 0) is 10.2 Å². The second-order valence-electron chi connectivity index (χ2n) is 4.32. The second-order valence-corrected chi connectivity index (χ2v) is 4.32. The normalized spacial score (nSPS) is 16.1. The third-order valence-electron chi connectivity index (χ3n) is 3.29. The first-order valence-electron chi connectivity index (χ1n) is 5.44. The van der Waals surface area contributed by atoms with E-state index < -0.39 is 0 Å². The van der Waals surface area contributed by atoms with Gasteiger partial charge >= 0.3 is 0 Å². The lowest BCUT2D eigenvalue weighted by molar-refractivity contribution is -0.119. The molecule has 0 radical (unpaired) electrons. The summed E-state index contributed by atoms with van der Waals surface area (Å²) >= 11 is 0. The maximum absolute atomic E-state index is 11.6. The largest absolute Gasteiger partial charge is 0.398 e. The van der Waals surface area contributed by atoms with Crippen LogP contribution < -0.4 is 5.73 Å². The van der Waals surface area contributed by atoms with E-state index in [0.29, 0.717) is 5.69 Å². The number of nitrogen functional groups attached to an aromatic ring is 1. The molecule has 0 amide bonds. The van der Waals surface area contributed by atoms with Gasteiger partial charge in [0, 0.05) is 11.3 Å². The average Bonchev–Trinajstić information content (AvgIpc) is 3.02. The van der Waals surface area contributed by atoms with Gasteiger partial charge in [-0.15, -0.1) is 5.92 Å². The fourth-order valence-corrected chi connectivity index (χ4v) is 2.07. The highest BCUT2D eigenvalue weighted by atomic mass is 16.1. The summed E-state index contributed by atoms with van der Waals surface area (Å²) in [6, 6.07) is 5.75. The Morgan fingerprint density at radius 3 is 2.62 bits per heavy atom. The number of hydrogen-bond donors (Lipinski definition) is 1. The molecule has 1 aromatic carbocycles. The van der Waals surface area contributed by atoms with Crippen LogP contribution in [0.5, 0.6) is 0 Å². The molecule has 2 nitrogen and oxygen atoms in total. The highest BCUT2D eigenvalue weighted by Gasteiger charge is 2.48.